The summed E-state index contributed by atoms with van der Waals surface area (Å²) in [6.07, 6.45) is 4.45. The van der Waals surface area contributed by atoms with Crippen molar-refractivity contribution in [1.82, 2.24) is 20.1 Å². The van der Waals surface area contributed by atoms with E-state index in [2.05, 4.69) is 15.4 Å². The lowest BCUT2D eigenvalue weighted by Gasteiger charge is -2.35. The summed E-state index contributed by atoms with van der Waals surface area (Å²) in [5.41, 5.74) is 6.17. The molecule has 8 nitrogen and oxygen atoms in total. The van der Waals surface area contributed by atoms with Crippen LogP contribution in [0.15, 0.2) is 36.8 Å². The van der Waals surface area contributed by atoms with Gasteiger partial charge in [-0.05, 0) is 25.1 Å². The van der Waals surface area contributed by atoms with Crippen LogP contribution in [-0.4, -0.2) is 52.6 Å². The monoisotopic (exact) mass is 491 g/mol. The van der Waals surface area contributed by atoms with Crippen LogP contribution in [0.2, 0.25) is 10.0 Å². The molecule has 33 heavy (non-hydrogen) atoms. The molecule has 172 valence electrons. The van der Waals surface area contributed by atoms with E-state index in [1.807, 2.05) is 6.20 Å². The standard InChI is InChI=1S/C21H21BCl2FN5O3/c1-11(18-15(23)2-3-16(25)19(18)24)33-17-4-12(5-27-20(17)26)13-6-29-30(7-13)8-14-9-32-21(22,31)10-28-14/h2-7,11,14,28,31H,8-10H2,1H3,(H2,26,27). The number of hydrogen-bond acceptors (Lipinski definition) is 7. The third kappa shape index (κ3) is 5.42. The van der Waals surface area contributed by atoms with Crippen molar-refractivity contribution in [2.24, 2.45) is 0 Å². The zero-order valence-corrected chi connectivity index (χ0v) is 19.1. The number of benzene rings is 1. The molecule has 4 rings (SSSR count). The molecule has 1 aromatic carbocycles. The number of nitrogens with zero attached hydrogens (tertiary/aromatic N) is 3. The first-order chi connectivity index (χ1) is 15.6. The molecule has 2 aromatic heterocycles. The summed E-state index contributed by atoms with van der Waals surface area (Å²) in [7, 11) is 5.52. The Morgan fingerprint density at radius 3 is 2.94 bits per heavy atom. The summed E-state index contributed by atoms with van der Waals surface area (Å²) in [6.45, 7) is 2.56. The van der Waals surface area contributed by atoms with Crippen molar-refractivity contribution in [3.8, 4) is 16.9 Å². The maximum Gasteiger partial charge on any atom is 0.166 e. The average Bonchev–Trinajstić information content (AvgIpc) is 3.23. The molecule has 0 bridgehead atoms. The van der Waals surface area contributed by atoms with Gasteiger partial charge < -0.3 is 25.6 Å². The number of halogens is 3. The number of aromatic nitrogens is 3. The van der Waals surface area contributed by atoms with E-state index in [-0.39, 0.29) is 35.1 Å². The SMILES string of the molecule is [B]C1(O)CNC(Cn2cc(-c3cnc(N)c(OC(C)c4c(Cl)ccc(F)c4Cl)c3)cn2)CO1. The molecule has 3 unspecified atom stereocenters. The third-order valence-corrected chi connectivity index (χ3v) is 5.94. The number of nitrogens with one attached hydrogen (secondary N) is 1. The number of ether oxygens (including phenoxy) is 2. The van der Waals surface area contributed by atoms with Crippen LogP contribution < -0.4 is 15.8 Å². The highest BCUT2D eigenvalue weighted by Crippen LogP contribution is 2.36. The van der Waals surface area contributed by atoms with E-state index in [0.29, 0.717) is 17.9 Å². The normalized spacial score (nSPS) is 21.7. The Labute approximate surface area is 201 Å². The average molecular weight is 492 g/mol. The molecule has 0 saturated carbocycles. The Morgan fingerprint density at radius 2 is 2.21 bits per heavy atom. The summed E-state index contributed by atoms with van der Waals surface area (Å²) < 4.78 is 26.8. The minimum Gasteiger partial charge on any atom is -0.482 e. The van der Waals surface area contributed by atoms with Crippen molar-refractivity contribution >= 4 is 36.9 Å². The molecule has 1 aliphatic heterocycles. The molecule has 1 aliphatic rings. The molecule has 0 aliphatic carbocycles. The molecule has 0 amide bonds. The fourth-order valence-electron chi connectivity index (χ4n) is 3.47. The van der Waals surface area contributed by atoms with Crippen LogP contribution in [0.5, 0.6) is 5.75 Å². The Morgan fingerprint density at radius 1 is 1.42 bits per heavy atom. The maximum atomic E-state index is 13.9. The predicted octanol–water partition coefficient (Wildman–Crippen LogP) is 2.92. The predicted molar refractivity (Wildman–Crippen MR) is 124 cm³/mol. The number of pyridine rings is 1. The van der Waals surface area contributed by atoms with E-state index in [1.165, 1.54) is 12.1 Å². The first-order valence-electron chi connectivity index (χ1n) is 10.1. The van der Waals surface area contributed by atoms with Crippen LogP contribution in [-0.2, 0) is 11.3 Å². The Balaban J connectivity index is 1.50. The highest BCUT2D eigenvalue weighted by Gasteiger charge is 2.28. The summed E-state index contributed by atoms with van der Waals surface area (Å²) in [6, 6.07) is 4.27. The topological polar surface area (TPSA) is 107 Å². The van der Waals surface area contributed by atoms with Gasteiger partial charge in [0.1, 0.15) is 17.6 Å². The van der Waals surface area contributed by atoms with Gasteiger partial charge in [0.2, 0.25) is 0 Å². The molecule has 3 atom stereocenters. The van der Waals surface area contributed by atoms with E-state index in [1.54, 1.807) is 30.1 Å². The second-order valence-corrected chi connectivity index (χ2v) is 8.59. The summed E-state index contributed by atoms with van der Waals surface area (Å²) in [4.78, 5) is 4.21. The zero-order valence-electron chi connectivity index (χ0n) is 17.6. The van der Waals surface area contributed by atoms with Crippen LogP contribution in [0.25, 0.3) is 11.1 Å². The van der Waals surface area contributed by atoms with E-state index in [9.17, 15) is 9.50 Å². The molecule has 1 saturated heterocycles. The fourth-order valence-corrected chi connectivity index (χ4v) is 4.15. The van der Waals surface area contributed by atoms with E-state index in [4.69, 9.17) is 46.3 Å². The highest BCUT2D eigenvalue weighted by molar-refractivity contribution is 6.36. The summed E-state index contributed by atoms with van der Waals surface area (Å²) in [5.74, 6) is -0.124. The van der Waals surface area contributed by atoms with Gasteiger partial charge in [-0.2, -0.15) is 5.10 Å². The van der Waals surface area contributed by atoms with Crippen molar-refractivity contribution in [2.45, 2.75) is 31.3 Å². The second kappa shape index (κ2) is 9.48. The number of morpholine rings is 1. The Kier molecular flexibility index (Phi) is 6.83. The van der Waals surface area contributed by atoms with Gasteiger partial charge in [-0.1, -0.05) is 23.2 Å². The number of rotatable bonds is 6. The van der Waals surface area contributed by atoms with Crippen molar-refractivity contribution in [3.63, 3.8) is 0 Å². The van der Waals surface area contributed by atoms with Crippen molar-refractivity contribution in [2.75, 3.05) is 18.9 Å². The highest BCUT2D eigenvalue weighted by atomic mass is 35.5. The van der Waals surface area contributed by atoms with Gasteiger partial charge in [0.15, 0.2) is 19.4 Å². The molecule has 4 N–H and O–H groups in total. The lowest BCUT2D eigenvalue weighted by molar-refractivity contribution is -0.163. The summed E-state index contributed by atoms with van der Waals surface area (Å²) in [5, 5.41) is 17.3. The van der Waals surface area contributed by atoms with E-state index >= 15 is 0 Å². The molecular formula is C21H21BCl2FN5O3. The van der Waals surface area contributed by atoms with Crippen molar-refractivity contribution in [3.05, 3.63) is 58.2 Å². The Bertz CT molecular complexity index is 1150. The number of nitrogens with two attached hydrogens (primary N) is 1. The molecular weight excluding hydrogens is 471 g/mol. The van der Waals surface area contributed by atoms with Gasteiger partial charge in [-0.15, -0.1) is 0 Å². The van der Waals surface area contributed by atoms with Crippen LogP contribution in [0.1, 0.15) is 18.6 Å². The molecule has 2 radical (unpaired) electrons. The Hall–Kier alpha value is -2.37. The minimum absolute atomic E-state index is 0.0633. The van der Waals surface area contributed by atoms with Gasteiger partial charge in [0, 0.05) is 40.7 Å². The van der Waals surface area contributed by atoms with Crippen molar-refractivity contribution in [1.29, 1.82) is 0 Å². The third-order valence-electron chi connectivity index (χ3n) is 5.22. The molecule has 1 fully saturated rings. The van der Waals surface area contributed by atoms with Gasteiger partial charge in [-0.25, -0.2) is 9.37 Å². The first kappa shape index (κ1) is 23.8. The molecule has 12 heteroatoms. The lowest BCUT2D eigenvalue weighted by Crippen LogP contribution is -2.56. The molecule has 0 spiro atoms. The molecule has 3 aromatic rings. The maximum absolute atomic E-state index is 13.9. The van der Waals surface area contributed by atoms with Crippen LogP contribution in [0.4, 0.5) is 10.2 Å². The van der Waals surface area contributed by atoms with Crippen LogP contribution in [0, 0.1) is 5.82 Å². The second-order valence-electron chi connectivity index (χ2n) is 7.81. The smallest absolute Gasteiger partial charge is 0.166 e. The number of anilines is 1. The van der Waals surface area contributed by atoms with Gasteiger partial charge >= 0.3 is 0 Å². The van der Waals surface area contributed by atoms with Crippen LogP contribution >= 0.6 is 23.2 Å². The molecule has 3 heterocycles. The van der Waals surface area contributed by atoms with E-state index in [0.717, 1.165) is 11.1 Å². The number of β-amino-alcohol motifs (C(OH)–C–C–N with tert-alkyl or cyclic N) is 1. The number of hydrogen-bond donors (Lipinski definition) is 3. The van der Waals surface area contributed by atoms with Crippen LogP contribution in [0.3, 0.4) is 0 Å². The summed E-state index contributed by atoms with van der Waals surface area (Å²) >= 11 is 12.3. The van der Waals surface area contributed by atoms with Gasteiger partial charge in [0.25, 0.3) is 0 Å². The number of nitrogen functional groups attached to an aromatic ring is 1. The van der Waals surface area contributed by atoms with Gasteiger partial charge in [0.05, 0.1) is 30.4 Å². The number of aliphatic hydroxyl groups is 1. The lowest BCUT2D eigenvalue weighted by atomic mass is 9.93. The van der Waals surface area contributed by atoms with Gasteiger partial charge in [-0.3, -0.25) is 4.68 Å². The first-order valence-corrected chi connectivity index (χ1v) is 10.9. The largest absolute Gasteiger partial charge is 0.482 e. The minimum atomic E-state index is -1.66. The fraction of sp³-hybridized carbons (Fsp3) is 0.333. The van der Waals surface area contributed by atoms with E-state index < -0.39 is 17.6 Å². The van der Waals surface area contributed by atoms with Crippen molar-refractivity contribution < 1.29 is 19.0 Å². The zero-order chi connectivity index (χ0) is 23.8. The quantitative estimate of drug-likeness (QED) is 0.359.